The molecule has 0 saturated heterocycles. The van der Waals surface area contributed by atoms with Gasteiger partial charge in [-0.2, -0.15) is 5.10 Å². The topological polar surface area (TPSA) is 131 Å². The molecule has 9 nitrogen and oxygen atoms in total. The highest BCUT2D eigenvalue weighted by molar-refractivity contribution is 7.98. The van der Waals surface area contributed by atoms with Gasteiger partial charge in [-0.3, -0.25) is 9.67 Å². The number of aliphatic hydroxyl groups is 2. The Kier molecular flexibility index (Phi) is 8.67. The molecule has 37 heavy (non-hydrogen) atoms. The molecule has 5 N–H and O–H groups in total. The molecule has 192 valence electrons. The van der Waals surface area contributed by atoms with Crippen molar-refractivity contribution in [3.8, 4) is 22.8 Å². The average molecular weight is 539 g/mol. The monoisotopic (exact) mass is 538 g/mol. The van der Waals surface area contributed by atoms with Gasteiger partial charge in [0.1, 0.15) is 11.6 Å². The molecule has 11 heteroatoms. The zero-order chi connectivity index (χ0) is 26.4. The number of rotatable bonds is 10. The van der Waals surface area contributed by atoms with Crippen LogP contribution in [0.1, 0.15) is 5.56 Å². The fourth-order valence-corrected chi connectivity index (χ4v) is 4.27. The molecule has 1 atom stereocenters. The molecule has 0 aliphatic heterocycles. The number of pyridine rings is 1. The van der Waals surface area contributed by atoms with Crippen LogP contribution in [0.3, 0.4) is 0 Å². The number of aliphatic imine (C=N–C) groups is 1. The van der Waals surface area contributed by atoms with E-state index >= 15 is 0 Å². The van der Waals surface area contributed by atoms with Gasteiger partial charge in [0.25, 0.3) is 0 Å². The van der Waals surface area contributed by atoms with Crippen molar-refractivity contribution in [2.24, 2.45) is 10.7 Å². The summed E-state index contributed by atoms with van der Waals surface area (Å²) in [6, 6.07) is 16.7. The highest BCUT2D eigenvalue weighted by atomic mass is 35.5. The number of nitrogens with two attached hydrogens (primary N) is 1. The number of aromatic nitrogens is 3. The summed E-state index contributed by atoms with van der Waals surface area (Å²) in [7, 11) is 1.77. The third kappa shape index (κ3) is 6.41. The Hall–Kier alpha value is -3.57. The Balaban J connectivity index is 1.79. The summed E-state index contributed by atoms with van der Waals surface area (Å²) in [6.07, 6.45) is 4.41. The summed E-state index contributed by atoms with van der Waals surface area (Å²) < 4.78 is 7.77. The van der Waals surface area contributed by atoms with Crippen LogP contribution in [-0.2, 0) is 6.54 Å². The minimum atomic E-state index is -0.922. The van der Waals surface area contributed by atoms with E-state index < -0.39 is 6.10 Å². The lowest BCUT2D eigenvalue weighted by atomic mass is 10.0. The summed E-state index contributed by atoms with van der Waals surface area (Å²) in [4.78, 5) is 10.1. The summed E-state index contributed by atoms with van der Waals surface area (Å²) in [5.41, 5.74) is 8.96. The number of amidine groups is 1. The van der Waals surface area contributed by atoms with Gasteiger partial charge < -0.3 is 26.0 Å². The average Bonchev–Trinajstić information content (AvgIpc) is 3.35. The molecular formula is C26H27ClN6O3S. The molecule has 2 heterocycles. The van der Waals surface area contributed by atoms with Gasteiger partial charge in [-0.15, -0.1) is 11.8 Å². The molecule has 0 aliphatic rings. The smallest absolute Gasteiger partial charge is 0.175 e. The lowest BCUT2D eigenvalue weighted by molar-refractivity contribution is 0.0783. The molecular weight excluding hydrogens is 512 g/mol. The van der Waals surface area contributed by atoms with Crippen LogP contribution < -0.4 is 15.8 Å². The number of hydrogen-bond acceptors (Lipinski definition) is 8. The van der Waals surface area contributed by atoms with Crippen molar-refractivity contribution in [2.75, 3.05) is 25.2 Å². The van der Waals surface area contributed by atoms with Gasteiger partial charge >= 0.3 is 0 Å². The number of halogens is 1. The number of hydrogen-bond donors (Lipinski definition) is 4. The van der Waals surface area contributed by atoms with Crippen molar-refractivity contribution in [3.05, 3.63) is 77.6 Å². The summed E-state index contributed by atoms with van der Waals surface area (Å²) >= 11 is 8.11. The molecule has 0 bridgehead atoms. The molecule has 2 aromatic carbocycles. The van der Waals surface area contributed by atoms with Gasteiger partial charge in [-0.05, 0) is 54.8 Å². The Bertz CT molecular complexity index is 1390. The lowest BCUT2D eigenvalue weighted by Crippen LogP contribution is -2.20. The maximum absolute atomic E-state index is 9.68. The van der Waals surface area contributed by atoms with E-state index in [0.717, 1.165) is 4.90 Å². The normalized spacial score (nSPS) is 12.4. The van der Waals surface area contributed by atoms with Crippen molar-refractivity contribution < 1.29 is 14.9 Å². The predicted molar refractivity (Wildman–Crippen MR) is 148 cm³/mol. The van der Waals surface area contributed by atoms with E-state index in [0.29, 0.717) is 44.8 Å². The summed E-state index contributed by atoms with van der Waals surface area (Å²) in [6.45, 7) is -0.230. The molecule has 0 amide bonds. The second kappa shape index (κ2) is 12.1. The molecule has 0 spiro atoms. The molecule has 4 rings (SSSR count). The van der Waals surface area contributed by atoms with Gasteiger partial charge in [-0.25, -0.2) is 4.99 Å². The number of benzene rings is 2. The van der Waals surface area contributed by atoms with Crippen LogP contribution in [0.25, 0.3) is 11.3 Å². The van der Waals surface area contributed by atoms with Gasteiger partial charge in [-0.1, -0.05) is 11.6 Å². The van der Waals surface area contributed by atoms with Crippen LogP contribution in [0.2, 0.25) is 5.02 Å². The van der Waals surface area contributed by atoms with Crippen molar-refractivity contribution in [3.63, 3.8) is 0 Å². The summed E-state index contributed by atoms with van der Waals surface area (Å²) in [5, 5.41) is 26.7. The van der Waals surface area contributed by atoms with E-state index in [-0.39, 0.29) is 19.0 Å². The van der Waals surface area contributed by atoms with E-state index in [4.69, 9.17) is 27.2 Å². The van der Waals surface area contributed by atoms with E-state index in [1.807, 2.05) is 42.7 Å². The first-order valence-corrected chi connectivity index (χ1v) is 13.0. The van der Waals surface area contributed by atoms with Crippen LogP contribution in [0, 0.1) is 0 Å². The molecule has 0 radical (unpaired) electrons. The Labute approximate surface area is 224 Å². The minimum absolute atomic E-state index is 0.134. The van der Waals surface area contributed by atoms with Crippen molar-refractivity contribution in [2.45, 2.75) is 17.5 Å². The van der Waals surface area contributed by atoms with Crippen molar-refractivity contribution in [1.82, 2.24) is 14.8 Å². The van der Waals surface area contributed by atoms with Gasteiger partial charge in [0.2, 0.25) is 0 Å². The Morgan fingerprint density at radius 3 is 2.70 bits per heavy atom. The van der Waals surface area contributed by atoms with Crippen LogP contribution in [-0.4, -0.2) is 56.8 Å². The standard InChI is InChI=1S/C26H27ClN6O3S/c1-29-25-20(26(28)31-23-9-11-33(32-23)14-17(35)15-34)12-16(24-21(27)4-3-10-30-24)13-22(25)36-18-5-7-19(37-2)8-6-18/h3-13,17,29,34-35H,14-15H2,1-2H3,(H2,28,31,32). The second-order valence-electron chi connectivity index (χ2n) is 7.99. The van der Waals surface area contributed by atoms with Crippen molar-refractivity contribution >= 4 is 40.7 Å². The number of ether oxygens (including phenoxy) is 1. The second-order valence-corrected chi connectivity index (χ2v) is 9.27. The zero-order valence-electron chi connectivity index (χ0n) is 20.3. The first-order valence-electron chi connectivity index (χ1n) is 11.4. The molecule has 2 aromatic heterocycles. The number of nitrogens with one attached hydrogen (secondary N) is 1. The molecule has 1 unspecified atom stereocenters. The minimum Gasteiger partial charge on any atom is -0.455 e. The largest absolute Gasteiger partial charge is 0.455 e. The number of thioether (sulfide) groups is 1. The van der Waals surface area contributed by atoms with Crippen LogP contribution in [0.5, 0.6) is 11.5 Å². The molecule has 0 aliphatic carbocycles. The molecule has 4 aromatic rings. The predicted octanol–water partition coefficient (Wildman–Crippen LogP) is 4.54. The SMILES string of the molecule is CNc1c(Oc2ccc(SC)cc2)cc(-c2ncccc2Cl)cc1C(N)=Nc1ccn(CC(O)CO)n1. The van der Waals surface area contributed by atoms with E-state index in [1.54, 1.807) is 49.4 Å². The van der Waals surface area contributed by atoms with Crippen LogP contribution in [0.4, 0.5) is 11.5 Å². The third-order valence-electron chi connectivity index (χ3n) is 5.42. The number of nitrogens with zero attached hydrogens (tertiary/aromatic N) is 4. The van der Waals surface area contributed by atoms with E-state index in [2.05, 4.69) is 20.4 Å². The zero-order valence-corrected chi connectivity index (χ0v) is 21.9. The molecule has 0 fully saturated rings. The Morgan fingerprint density at radius 1 is 1.24 bits per heavy atom. The van der Waals surface area contributed by atoms with Gasteiger partial charge in [0.15, 0.2) is 11.6 Å². The highest BCUT2D eigenvalue weighted by Crippen LogP contribution is 2.39. The third-order valence-corrected chi connectivity index (χ3v) is 6.47. The number of anilines is 1. The lowest BCUT2D eigenvalue weighted by Gasteiger charge is -2.17. The maximum Gasteiger partial charge on any atom is 0.175 e. The van der Waals surface area contributed by atoms with E-state index in [1.165, 1.54) is 4.68 Å². The van der Waals surface area contributed by atoms with E-state index in [9.17, 15) is 5.11 Å². The Morgan fingerprint density at radius 2 is 2.03 bits per heavy atom. The fraction of sp³-hybridized carbons (Fsp3) is 0.192. The van der Waals surface area contributed by atoms with Crippen LogP contribution in [0.15, 0.2) is 76.9 Å². The van der Waals surface area contributed by atoms with Crippen molar-refractivity contribution in [1.29, 1.82) is 0 Å². The highest BCUT2D eigenvalue weighted by Gasteiger charge is 2.18. The van der Waals surface area contributed by atoms with Gasteiger partial charge in [0, 0.05) is 41.5 Å². The maximum atomic E-state index is 9.68. The molecule has 0 saturated carbocycles. The first kappa shape index (κ1) is 26.5. The fourth-order valence-electron chi connectivity index (χ4n) is 3.63. The first-order chi connectivity index (χ1) is 17.9. The quantitative estimate of drug-likeness (QED) is 0.131. The van der Waals surface area contributed by atoms with Gasteiger partial charge in [0.05, 0.1) is 35.7 Å². The number of aliphatic hydroxyl groups excluding tert-OH is 2. The van der Waals surface area contributed by atoms with Crippen LogP contribution >= 0.6 is 23.4 Å². The summed E-state index contributed by atoms with van der Waals surface area (Å²) in [5.74, 6) is 1.71.